The third-order valence-electron chi connectivity index (χ3n) is 23.7. The molecule has 0 bridgehead atoms. The molecule has 0 fully saturated rings. The van der Waals surface area contributed by atoms with Crippen molar-refractivity contribution in [3.8, 4) is 39.1 Å². The Kier molecular flexibility index (Phi) is 13.0. The summed E-state index contributed by atoms with van der Waals surface area (Å²) in [4.78, 5) is 5.14. The fourth-order valence-corrected chi connectivity index (χ4v) is 19.3. The molecule has 0 N–H and O–H groups in total. The second kappa shape index (κ2) is 22.2. The van der Waals surface area contributed by atoms with Crippen LogP contribution in [0.25, 0.3) is 60.9 Å². The van der Waals surface area contributed by atoms with Crippen LogP contribution < -0.4 is 9.80 Å². The highest BCUT2D eigenvalue weighted by atomic mass is 15.2. The number of aromatic nitrogens is 1. The highest BCUT2D eigenvalue weighted by Crippen LogP contribution is 2.61. The van der Waals surface area contributed by atoms with Gasteiger partial charge < -0.3 is 14.4 Å². The number of anilines is 5. The zero-order chi connectivity index (χ0) is 67.3. The van der Waals surface area contributed by atoms with E-state index in [0.717, 1.165) is 51.6 Å². The summed E-state index contributed by atoms with van der Waals surface area (Å²) in [5.74, 6) is 0.305. The molecule has 0 saturated heterocycles. The molecule has 5 aliphatic carbocycles. The van der Waals surface area contributed by atoms with Gasteiger partial charge in [0.1, 0.15) is 0 Å². The van der Waals surface area contributed by atoms with Crippen molar-refractivity contribution in [2.75, 3.05) is 9.80 Å². The van der Waals surface area contributed by atoms with Crippen LogP contribution in [0.1, 0.15) is 107 Å². The number of fused-ring (bicyclic) bond motifs is 15. The molecule has 1 unspecified atom stereocenters. The highest BCUT2D eigenvalue weighted by Gasteiger charge is 2.49. The largest absolute Gasteiger partial charge is 0.311 e. The second-order valence-electron chi connectivity index (χ2n) is 29.4. The standard InChI is InChI=1S/C98H73N3/c1-95(2)85-42-24-20-38-75(85)79-52-46-71(60-89(79)95)99(73-48-54-81-77-40-22-26-44-87(77)97(91(81)62-73,64-28-10-5-11-29-64)65-30-12-6-13-31-65)69-50-56-93-83(58-69)84-59-70(51-57-94(84)101(93)68-36-18-9-19-37-68)100(72-47-53-80-76-39-21-25-43-86(76)96(3,4)90(80)61-72)74-49-55-82-78-41-23-27-45-88(78)98(92(82)63-74,66-32-14-7-15-33-66)67-34-16-8-17-35-67/h5-52,54-63,80H,53H2,1-4H3. The number of nitrogens with zero attached hydrogens (tertiary/aromatic N) is 3. The molecule has 0 saturated carbocycles. The van der Waals surface area contributed by atoms with E-state index in [-0.39, 0.29) is 10.8 Å². The van der Waals surface area contributed by atoms with Crippen molar-refractivity contribution in [1.82, 2.24) is 4.57 Å². The Labute approximate surface area is 591 Å². The van der Waals surface area contributed by atoms with Crippen LogP contribution in [-0.4, -0.2) is 4.57 Å². The van der Waals surface area contributed by atoms with Gasteiger partial charge in [-0.2, -0.15) is 0 Å². The van der Waals surface area contributed by atoms with Crippen LogP contribution in [0, 0.1) is 0 Å². The van der Waals surface area contributed by atoms with Crippen molar-refractivity contribution in [2.24, 2.45) is 0 Å². The minimum atomic E-state index is -0.595. The van der Waals surface area contributed by atoms with Crippen LogP contribution in [-0.2, 0) is 21.7 Å². The third-order valence-corrected chi connectivity index (χ3v) is 23.7. The van der Waals surface area contributed by atoms with E-state index in [4.69, 9.17) is 0 Å². The zero-order valence-corrected chi connectivity index (χ0v) is 57.1. The topological polar surface area (TPSA) is 11.4 Å². The summed E-state index contributed by atoms with van der Waals surface area (Å²) in [7, 11) is 0. The van der Waals surface area contributed by atoms with Crippen molar-refractivity contribution in [1.29, 1.82) is 0 Å². The van der Waals surface area contributed by atoms with E-state index in [1.807, 2.05) is 0 Å². The molecule has 15 aromatic rings. The molecule has 5 aliphatic rings. The summed E-state index contributed by atoms with van der Waals surface area (Å²) < 4.78 is 2.48. The maximum atomic E-state index is 2.59. The van der Waals surface area contributed by atoms with Crippen LogP contribution in [0.15, 0.2) is 363 Å². The van der Waals surface area contributed by atoms with Crippen molar-refractivity contribution in [3.63, 3.8) is 0 Å². The first kappa shape index (κ1) is 59.1. The van der Waals surface area contributed by atoms with Gasteiger partial charge in [-0.1, -0.05) is 294 Å². The van der Waals surface area contributed by atoms with Gasteiger partial charge in [-0.25, -0.2) is 0 Å². The summed E-state index contributed by atoms with van der Waals surface area (Å²) in [6.07, 6.45) is 5.99. The number of allylic oxidation sites excluding steroid dienone is 3. The van der Waals surface area contributed by atoms with Gasteiger partial charge in [0.15, 0.2) is 0 Å². The molecule has 14 aromatic carbocycles. The van der Waals surface area contributed by atoms with Crippen molar-refractivity contribution in [3.05, 3.63) is 430 Å². The molecule has 101 heavy (non-hydrogen) atoms. The lowest BCUT2D eigenvalue weighted by atomic mass is 9.67. The highest BCUT2D eigenvalue weighted by molar-refractivity contribution is 6.12. The number of hydrogen-bond acceptors (Lipinski definition) is 2. The SMILES string of the molecule is CC1(C)C2=CC(N(c3ccc4c(c3)C(c3ccccc3)(c3ccccc3)c3ccccc3-4)c3ccc4c(c3)c3cc(N(c5ccc6c(c5)C(C)(C)c5ccccc5-6)c5ccc6c(c5)C(c5ccccc5)(c5ccccc5)c5ccccc5-6)ccc3n4-c3ccccc3)=CCC2c2ccccc21. The minimum absolute atomic E-state index is 0.164. The fraction of sp³-hybridized carbons (Fsp3) is 0.102. The van der Waals surface area contributed by atoms with Gasteiger partial charge in [0.2, 0.25) is 0 Å². The van der Waals surface area contributed by atoms with E-state index in [2.05, 4.69) is 394 Å². The third kappa shape index (κ3) is 8.41. The fourth-order valence-electron chi connectivity index (χ4n) is 19.3. The lowest BCUT2D eigenvalue weighted by Crippen LogP contribution is -2.29. The van der Waals surface area contributed by atoms with Gasteiger partial charge in [-0.15, -0.1) is 0 Å². The molecular formula is C98H73N3. The average molecular weight is 1290 g/mol. The lowest BCUT2D eigenvalue weighted by Gasteiger charge is -2.36. The molecule has 480 valence electrons. The minimum Gasteiger partial charge on any atom is -0.311 e. The molecule has 0 amide bonds. The molecule has 1 heterocycles. The molecular weight excluding hydrogens is 1220 g/mol. The van der Waals surface area contributed by atoms with E-state index in [9.17, 15) is 0 Å². The van der Waals surface area contributed by atoms with E-state index in [1.165, 1.54) is 122 Å². The molecule has 3 heteroatoms. The number of hydrogen-bond donors (Lipinski definition) is 0. The van der Waals surface area contributed by atoms with Crippen molar-refractivity contribution in [2.45, 2.75) is 61.7 Å². The first-order valence-electron chi connectivity index (χ1n) is 35.8. The predicted octanol–water partition coefficient (Wildman–Crippen LogP) is 24.7. The van der Waals surface area contributed by atoms with Crippen LogP contribution in [0.3, 0.4) is 0 Å². The normalized spacial score (nSPS) is 16.2. The quantitative estimate of drug-likeness (QED) is 0.128. The van der Waals surface area contributed by atoms with Gasteiger partial charge in [0.05, 0.1) is 21.9 Å². The molecule has 0 radical (unpaired) electrons. The maximum Gasteiger partial charge on any atom is 0.0714 e. The Morgan fingerprint density at radius 3 is 1.15 bits per heavy atom. The smallest absolute Gasteiger partial charge is 0.0714 e. The summed E-state index contributed by atoms with van der Waals surface area (Å²) in [6.45, 7) is 9.66. The number of benzene rings is 14. The summed E-state index contributed by atoms with van der Waals surface area (Å²) in [5.41, 5.74) is 33.3. The predicted molar refractivity (Wildman–Crippen MR) is 419 cm³/mol. The van der Waals surface area contributed by atoms with E-state index < -0.39 is 10.8 Å². The Bertz CT molecular complexity index is 5850. The van der Waals surface area contributed by atoms with Gasteiger partial charge >= 0.3 is 0 Å². The number of para-hydroxylation sites is 1. The van der Waals surface area contributed by atoms with E-state index in [1.54, 1.807) is 0 Å². The summed E-state index contributed by atoms with van der Waals surface area (Å²) in [6, 6.07) is 129. The van der Waals surface area contributed by atoms with Gasteiger partial charge in [-0.05, 0) is 198 Å². The first-order chi connectivity index (χ1) is 49.6. The monoisotopic (exact) mass is 1290 g/mol. The second-order valence-corrected chi connectivity index (χ2v) is 29.4. The van der Waals surface area contributed by atoms with E-state index >= 15 is 0 Å². The molecule has 1 aromatic heterocycles. The van der Waals surface area contributed by atoms with E-state index in [0.29, 0.717) is 5.92 Å². The van der Waals surface area contributed by atoms with Crippen molar-refractivity contribution >= 4 is 50.2 Å². The average Bonchev–Trinajstić information content (AvgIpc) is 1.56. The van der Waals surface area contributed by atoms with Crippen LogP contribution in [0.2, 0.25) is 0 Å². The summed E-state index contributed by atoms with van der Waals surface area (Å²) in [5, 5.41) is 2.33. The Morgan fingerprint density at radius 2 is 0.653 bits per heavy atom. The zero-order valence-electron chi connectivity index (χ0n) is 57.1. The molecule has 0 aliphatic heterocycles. The Balaban J connectivity index is 0.833. The van der Waals surface area contributed by atoms with Gasteiger partial charge in [0.25, 0.3) is 0 Å². The molecule has 0 spiro atoms. The lowest BCUT2D eigenvalue weighted by molar-refractivity contribution is 0.609. The van der Waals surface area contributed by atoms with Gasteiger partial charge in [0, 0.05) is 67.3 Å². The number of rotatable bonds is 11. The first-order valence-corrected chi connectivity index (χ1v) is 35.8. The molecule has 3 nitrogen and oxygen atoms in total. The Morgan fingerprint density at radius 1 is 0.297 bits per heavy atom. The van der Waals surface area contributed by atoms with Crippen molar-refractivity contribution < 1.29 is 0 Å². The van der Waals surface area contributed by atoms with Crippen LogP contribution >= 0.6 is 0 Å². The van der Waals surface area contributed by atoms with Gasteiger partial charge in [-0.3, -0.25) is 0 Å². The Hall–Kier alpha value is -12.0. The summed E-state index contributed by atoms with van der Waals surface area (Å²) >= 11 is 0. The molecule has 1 atom stereocenters. The van der Waals surface area contributed by atoms with Crippen LogP contribution in [0.5, 0.6) is 0 Å². The van der Waals surface area contributed by atoms with Crippen LogP contribution in [0.4, 0.5) is 28.4 Å². The molecule has 20 rings (SSSR count). The maximum absolute atomic E-state index is 2.59.